The number of carbonyl (C=O) groups excluding carboxylic acids is 1. The number of nitrogens with zero attached hydrogens (tertiary/aromatic N) is 3. The van der Waals surface area contributed by atoms with E-state index in [1.165, 1.54) is 18.9 Å². The van der Waals surface area contributed by atoms with Crippen LogP contribution in [0.3, 0.4) is 0 Å². The molecule has 5 rings (SSSR count). The number of morpholine rings is 1. The van der Waals surface area contributed by atoms with Crippen LogP contribution in [-0.4, -0.2) is 73.1 Å². The Bertz CT molecular complexity index is 1040. The van der Waals surface area contributed by atoms with Gasteiger partial charge in [0.25, 0.3) is 5.91 Å². The number of phenolic OH excluding ortho intramolecular Hbond substituents is 1. The number of carbonyl (C=O) groups is 1. The van der Waals surface area contributed by atoms with Gasteiger partial charge in [-0.3, -0.25) is 14.7 Å². The normalized spacial score (nSPS) is 25.0. The second-order valence-electron chi connectivity index (χ2n) is 9.33. The van der Waals surface area contributed by atoms with Gasteiger partial charge in [-0.15, -0.1) is 0 Å². The van der Waals surface area contributed by atoms with E-state index in [0.29, 0.717) is 23.0 Å². The summed E-state index contributed by atoms with van der Waals surface area (Å²) in [6.07, 6.45) is 4.15. The zero-order valence-corrected chi connectivity index (χ0v) is 20.0. The van der Waals surface area contributed by atoms with Crippen LogP contribution in [0.25, 0.3) is 0 Å². The van der Waals surface area contributed by atoms with E-state index >= 15 is 0 Å². The van der Waals surface area contributed by atoms with Gasteiger partial charge >= 0.3 is 0 Å². The number of amides is 1. The summed E-state index contributed by atoms with van der Waals surface area (Å²) in [5.41, 5.74) is 0.231. The summed E-state index contributed by atoms with van der Waals surface area (Å²) in [7, 11) is 0. The molecule has 1 amide bonds. The van der Waals surface area contributed by atoms with Gasteiger partial charge in [0.05, 0.1) is 25.6 Å². The largest absolute Gasteiger partial charge is 0.508 e. The van der Waals surface area contributed by atoms with Crippen molar-refractivity contribution >= 4 is 23.8 Å². The Morgan fingerprint density at radius 1 is 1.18 bits per heavy atom. The first-order chi connectivity index (χ1) is 16.6. The number of benzene rings is 2. The standard InChI is InChI=1S/C26H31ClN4O3/c27-21-8-9-22(23(32)16-21)24-26(20-4-2-1-3-5-20,29-18-31(24)17-19-6-7-19)25(33)28-10-11-30-12-14-34-15-13-30/h1-5,8-9,16,18-19,24,32H,6-7,10-15,17H2,(H,28,33)/t24-,26+/m0/s1. The summed E-state index contributed by atoms with van der Waals surface area (Å²) in [6, 6.07) is 14.3. The number of rotatable bonds is 8. The molecule has 1 saturated carbocycles. The molecular weight excluding hydrogens is 452 g/mol. The number of ether oxygens (including phenoxy) is 1. The second-order valence-corrected chi connectivity index (χ2v) is 9.77. The molecule has 3 aliphatic rings. The lowest BCUT2D eigenvalue weighted by Crippen LogP contribution is -2.50. The third kappa shape index (κ3) is 4.65. The van der Waals surface area contributed by atoms with Crippen LogP contribution in [0.1, 0.15) is 30.0 Å². The van der Waals surface area contributed by atoms with Crippen LogP contribution in [0.5, 0.6) is 5.75 Å². The van der Waals surface area contributed by atoms with Crippen molar-refractivity contribution in [1.82, 2.24) is 15.1 Å². The van der Waals surface area contributed by atoms with Crippen molar-refractivity contribution in [2.45, 2.75) is 24.4 Å². The van der Waals surface area contributed by atoms with Crippen LogP contribution in [0.4, 0.5) is 0 Å². The molecule has 0 radical (unpaired) electrons. The predicted molar refractivity (Wildman–Crippen MR) is 132 cm³/mol. The minimum Gasteiger partial charge on any atom is -0.508 e. The van der Waals surface area contributed by atoms with Crippen molar-refractivity contribution in [3.05, 3.63) is 64.7 Å². The maximum atomic E-state index is 14.0. The van der Waals surface area contributed by atoms with Gasteiger partial charge in [-0.25, -0.2) is 0 Å². The lowest BCUT2D eigenvalue weighted by molar-refractivity contribution is -0.128. The summed E-state index contributed by atoms with van der Waals surface area (Å²) < 4.78 is 5.43. The highest BCUT2D eigenvalue weighted by Crippen LogP contribution is 2.50. The Morgan fingerprint density at radius 2 is 1.94 bits per heavy atom. The molecule has 8 heteroatoms. The Balaban J connectivity index is 1.49. The quantitative estimate of drug-likeness (QED) is 0.604. The van der Waals surface area contributed by atoms with E-state index in [9.17, 15) is 9.90 Å². The third-order valence-electron chi connectivity index (χ3n) is 6.97. The molecule has 0 bridgehead atoms. The van der Waals surface area contributed by atoms with Crippen LogP contribution in [-0.2, 0) is 15.1 Å². The monoisotopic (exact) mass is 482 g/mol. The zero-order chi connectivity index (χ0) is 23.5. The Kier molecular flexibility index (Phi) is 6.77. The molecule has 2 heterocycles. The van der Waals surface area contributed by atoms with Crippen LogP contribution in [0, 0.1) is 5.92 Å². The van der Waals surface area contributed by atoms with Gasteiger partial charge in [-0.05, 0) is 36.5 Å². The summed E-state index contributed by atoms with van der Waals surface area (Å²) in [5, 5.41) is 14.5. The first-order valence-electron chi connectivity index (χ1n) is 12.0. The van der Waals surface area contributed by atoms with Gasteiger partial charge in [0.15, 0.2) is 5.54 Å². The van der Waals surface area contributed by atoms with Gasteiger partial charge in [0, 0.05) is 43.3 Å². The molecule has 2 aliphatic heterocycles. The summed E-state index contributed by atoms with van der Waals surface area (Å²) >= 11 is 6.15. The number of aliphatic imine (C=N–C) groups is 1. The molecule has 2 aromatic carbocycles. The van der Waals surface area contributed by atoms with Crippen molar-refractivity contribution in [3.8, 4) is 5.75 Å². The molecule has 2 aromatic rings. The number of halogens is 1. The topological polar surface area (TPSA) is 77.4 Å². The van der Waals surface area contributed by atoms with Gasteiger partial charge < -0.3 is 20.1 Å². The highest BCUT2D eigenvalue weighted by atomic mass is 35.5. The van der Waals surface area contributed by atoms with Gasteiger partial charge in [-0.2, -0.15) is 0 Å². The third-order valence-corrected chi connectivity index (χ3v) is 7.20. The van der Waals surface area contributed by atoms with Gasteiger partial charge in [0.1, 0.15) is 5.75 Å². The molecule has 180 valence electrons. The number of nitrogens with one attached hydrogen (secondary N) is 1. The molecule has 2 fully saturated rings. The maximum absolute atomic E-state index is 14.0. The molecule has 0 aromatic heterocycles. The fourth-order valence-electron chi connectivity index (χ4n) is 4.97. The van der Waals surface area contributed by atoms with E-state index in [0.717, 1.165) is 45.0 Å². The van der Waals surface area contributed by atoms with E-state index in [-0.39, 0.29) is 11.7 Å². The van der Waals surface area contributed by atoms with E-state index in [4.69, 9.17) is 21.3 Å². The summed E-state index contributed by atoms with van der Waals surface area (Å²) in [5.74, 6) is 0.491. The number of aromatic hydroxyl groups is 1. The Morgan fingerprint density at radius 3 is 2.65 bits per heavy atom. The number of phenols is 1. The highest BCUT2D eigenvalue weighted by Gasteiger charge is 2.54. The van der Waals surface area contributed by atoms with Crippen LogP contribution in [0.2, 0.25) is 5.02 Å². The lowest BCUT2D eigenvalue weighted by Gasteiger charge is -2.37. The van der Waals surface area contributed by atoms with E-state index < -0.39 is 11.6 Å². The first-order valence-corrected chi connectivity index (χ1v) is 12.4. The van der Waals surface area contributed by atoms with Crippen molar-refractivity contribution in [2.75, 3.05) is 45.9 Å². The number of hydrogen-bond acceptors (Lipinski definition) is 6. The fourth-order valence-corrected chi connectivity index (χ4v) is 5.14. The molecule has 0 unspecified atom stereocenters. The molecular formula is C26H31ClN4O3. The summed E-state index contributed by atoms with van der Waals surface area (Å²) in [6.45, 7) is 5.26. The summed E-state index contributed by atoms with van der Waals surface area (Å²) in [4.78, 5) is 23.3. The second kappa shape index (κ2) is 9.94. The minimum atomic E-state index is -1.22. The molecule has 1 saturated heterocycles. The van der Waals surface area contributed by atoms with Gasteiger partial charge in [0.2, 0.25) is 0 Å². The van der Waals surface area contributed by atoms with Crippen molar-refractivity contribution < 1.29 is 14.6 Å². The van der Waals surface area contributed by atoms with Crippen molar-refractivity contribution in [3.63, 3.8) is 0 Å². The molecule has 2 atom stereocenters. The molecule has 1 aliphatic carbocycles. The Labute approximate surface area is 205 Å². The van der Waals surface area contributed by atoms with Crippen LogP contribution < -0.4 is 5.32 Å². The lowest BCUT2D eigenvalue weighted by atomic mass is 9.78. The fraction of sp³-hybridized carbons (Fsp3) is 0.462. The van der Waals surface area contributed by atoms with Crippen molar-refractivity contribution in [2.24, 2.45) is 10.9 Å². The average molecular weight is 483 g/mol. The van der Waals surface area contributed by atoms with Crippen molar-refractivity contribution in [1.29, 1.82) is 0 Å². The first kappa shape index (κ1) is 23.1. The maximum Gasteiger partial charge on any atom is 0.255 e. The van der Waals surface area contributed by atoms with E-state index in [2.05, 4.69) is 15.1 Å². The molecule has 2 N–H and O–H groups in total. The highest BCUT2D eigenvalue weighted by molar-refractivity contribution is 6.30. The molecule has 0 spiro atoms. The van der Waals surface area contributed by atoms with Gasteiger partial charge in [-0.1, -0.05) is 48.0 Å². The number of hydrogen-bond donors (Lipinski definition) is 2. The Hall–Kier alpha value is -2.61. The van der Waals surface area contributed by atoms with E-state index in [1.54, 1.807) is 12.4 Å². The predicted octanol–water partition coefficient (Wildman–Crippen LogP) is 3.18. The smallest absolute Gasteiger partial charge is 0.255 e. The van der Waals surface area contributed by atoms with Crippen LogP contribution >= 0.6 is 11.6 Å². The molecule has 7 nitrogen and oxygen atoms in total. The van der Waals surface area contributed by atoms with E-state index in [1.807, 2.05) is 36.4 Å². The zero-order valence-electron chi connectivity index (χ0n) is 19.2. The van der Waals surface area contributed by atoms with Crippen LogP contribution in [0.15, 0.2) is 53.5 Å². The molecule has 34 heavy (non-hydrogen) atoms. The SMILES string of the molecule is O=C(NCCN1CCOCC1)[C@]1(c2ccccc2)N=CN(CC2CC2)[C@H]1c1ccc(Cl)cc1O. The average Bonchev–Trinajstić information content (AvgIpc) is 3.59. The minimum absolute atomic E-state index is 0.0743.